The van der Waals surface area contributed by atoms with Crippen molar-refractivity contribution in [1.82, 2.24) is 15.0 Å². The van der Waals surface area contributed by atoms with E-state index >= 15 is 0 Å². The molecule has 0 saturated heterocycles. The maximum atomic E-state index is 13.1. The zero-order chi connectivity index (χ0) is 44.7. The molecule has 8 rings (SSSR count). The van der Waals surface area contributed by atoms with Crippen molar-refractivity contribution in [3.05, 3.63) is 101 Å². The molecule has 0 aliphatic heterocycles. The maximum Gasteiger partial charge on any atom is 0.337 e. The van der Waals surface area contributed by atoms with Crippen molar-refractivity contribution < 1.29 is 31.7 Å². The van der Waals surface area contributed by atoms with Crippen LogP contribution in [0.15, 0.2) is 104 Å². The molecule has 0 aliphatic carbocycles. The number of aromatic nitrogens is 3. The van der Waals surface area contributed by atoms with Crippen molar-refractivity contribution in [1.29, 1.82) is 0 Å². The molecular weight excluding hydrogens is 915 g/mol. The molecule has 326 valence electrons. The van der Waals surface area contributed by atoms with Crippen molar-refractivity contribution in [3.63, 3.8) is 0 Å². The van der Waals surface area contributed by atoms with Crippen LogP contribution >= 0.6 is 45.3 Å². The molecule has 4 N–H and O–H groups in total. The predicted molar refractivity (Wildman–Crippen MR) is 259 cm³/mol. The Bertz CT molecular complexity index is 3000. The van der Waals surface area contributed by atoms with Crippen LogP contribution in [0.4, 0.5) is 11.4 Å². The van der Waals surface area contributed by atoms with Gasteiger partial charge in [-0.2, -0.15) is 0 Å². The average Bonchev–Trinajstić information content (AvgIpc) is 4.14. The number of fused-ring (bicyclic) bond motifs is 2. The number of carbonyl (C=O) groups excluding carboxylic acids is 2. The van der Waals surface area contributed by atoms with Crippen molar-refractivity contribution in [2.24, 2.45) is 0 Å². The summed E-state index contributed by atoms with van der Waals surface area (Å²) >= 11 is 5.58. The number of ether oxygens (including phenoxy) is 2. The second kappa shape index (κ2) is 20.4. The van der Waals surface area contributed by atoms with Crippen LogP contribution in [0.1, 0.15) is 49.9 Å². The summed E-state index contributed by atoms with van der Waals surface area (Å²) in [6.45, 7) is 3.61. The van der Waals surface area contributed by atoms with Gasteiger partial charge in [0.15, 0.2) is 9.84 Å². The third-order valence-electron chi connectivity index (χ3n) is 9.74. The summed E-state index contributed by atoms with van der Waals surface area (Å²) in [4.78, 5) is 39.0. The second-order valence-electron chi connectivity index (χ2n) is 14.1. The van der Waals surface area contributed by atoms with E-state index in [1.165, 1.54) is 36.7 Å². The van der Waals surface area contributed by atoms with Crippen LogP contribution in [0.3, 0.4) is 0 Å². The molecule has 0 radical (unpaired) electrons. The van der Waals surface area contributed by atoms with Gasteiger partial charge in [-0.05, 0) is 77.2 Å². The fourth-order valence-corrected chi connectivity index (χ4v) is 13.8. The number of carbonyl (C=O) groups is 2. The number of esters is 2. The molecule has 0 spiro atoms. The molecule has 0 amide bonds. The lowest BCUT2D eigenvalue weighted by Gasteiger charge is -2.08. The Morgan fingerprint density at radius 3 is 2.13 bits per heavy atom. The Balaban J connectivity index is 0.000000189. The fraction of sp³-hybridized carbons (Fsp3) is 0.222. The largest absolute Gasteiger partial charge is 0.466 e. The molecule has 0 bridgehead atoms. The quantitative estimate of drug-likeness (QED) is 0.0730. The summed E-state index contributed by atoms with van der Waals surface area (Å²) in [7, 11) is -3.41. The van der Waals surface area contributed by atoms with Gasteiger partial charge in [0.2, 0.25) is 0 Å². The van der Waals surface area contributed by atoms with E-state index in [0.717, 1.165) is 77.9 Å². The van der Waals surface area contributed by atoms with Gasteiger partial charge in [0, 0.05) is 35.0 Å². The van der Waals surface area contributed by atoms with Crippen molar-refractivity contribution in [2.75, 3.05) is 36.7 Å². The molecule has 12 nitrogen and oxygen atoms in total. The van der Waals surface area contributed by atoms with E-state index in [0.29, 0.717) is 44.3 Å². The number of benzene rings is 2. The minimum atomic E-state index is -3.60. The number of hydrogen-bond donors (Lipinski definition) is 2. The summed E-state index contributed by atoms with van der Waals surface area (Å²) in [5.41, 5.74) is 19.3. The molecule has 6 heterocycles. The average molecular weight is 958 g/mol. The molecule has 63 heavy (non-hydrogen) atoms. The Kier molecular flexibility index (Phi) is 14.8. The van der Waals surface area contributed by atoms with Crippen LogP contribution in [0, 0.1) is 0 Å². The van der Waals surface area contributed by atoms with E-state index in [1.807, 2.05) is 77.5 Å². The summed E-state index contributed by atoms with van der Waals surface area (Å²) in [5, 5.41) is 6.14. The van der Waals surface area contributed by atoms with Gasteiger partial charge < -0.3 is 20.9 Å². The van der Waals surface area contributed by atoms with Crippen LogP contribution in [0.25, 0.3) is 64.0 Å². The third-order valence-corrected chi connectivity index (χ3v) is 17.9. The molecule has 0 aliphatic rings. The number of sulfone groups is 1. The Morgan fingerprint density at radius 1 is 0.794 bits per heavy atom. The van der Waals surface area contributed by atoms with E-state index in [-0.39, 0.29) is 28.2 Å². The van der Waals surface area contributed by atoms with Gasteiger partial charge in [0.25, 0.3) is 0 Å². The molecule has 2 aromatic carbocycles. The van der Waals surface area contributed by atoms with E-state index < -0.39 is 26.6 Å². The van der Waals surface area contributed by atoms with E-state index in [9.17, 15) is 22.2 Å². The smallest absolute Gasteiger partial charge is 0.337 e. The number of anilines is 2. The minimum absolute atomic E-state index is 0.0657. The van der Waals surface area contributed by atoms with Crippen LogP contribution in [-0.4, -0.2) is 64.7 Å². The number of rotatable bonds is 15. The fourth-order valence-electron chi connectivity index (χ4n) is 6.66. The second-order valence-corrected chi connectivity index (χ2v) is 22.0. The summed E-state index contributed by atoms with van der Waals surface area (Å²) in [6, 6.07) is 24.8. The van der Waals surface area contributed by atoms with Crippen LogP contribution in [0.5, 0.6) is 0 Å². The van der Waals surface area contributed by atoms with Gasteiger partial charge in [-0.25, -0.2) is 28.2 Å². The summed E-state index contributed by atoms with van der Waals surface area (Å²) < 4.78 is 49.5. The highest BCUT2D eigenvalue weighted by molar-refractivity contribution is 7.93. The number of nitrogens with zero attached hydrogens (tertiary/aromatic N) is 3. The number of hydrogen-bond acceptors (Lipinski definition) is 16. The number of unbranched alkanes of at least 4 members (excludes halogenated alkanes) is 2. The highest BCUT2D eigenvalue weighted by Crippen LogP contribution is 2.45. The number of thiazole rings is 1. The maximum absolute atomic E-state index is 13.1. The molecule has 8 aromatic rings. The van der Waals surface area contributed by atoms with Crippen LogP contribution in [-0.2, 0) is 34.9 Å². The molecule has 1 atom stereocenters. The Morgan fingerprint density at radius 2 is 1.48 bits per heavy atom. The molecule has 18 heteroatoms. The molecule has 6 aromatic heterocycles. The van der Waals surface area contributed by atoms with E-state index in [2.05, 4.69) is 11.9 Å². The predicted octanol–water partition coefficient (Wildman–Crippen LogP) is 10.8. The molecule has 0 fully saturated rings. The number of nitrogens with two attached hydrogens (primary N) is 2. The summed E-state index contributed by atoms with van der Waals surface area (Å²) in [6.07, 6.45) is 4.44. The zero-order valence-electron chi connectivity index (χ0n) is 34.5. The molecular formula is C45H43N5O7S6. The monoisotopic (exact) mass is 957 g/mol. The first-order valence-corrected chi connectivity index (χ1v) is 26.1. The number of methoxy groups -OCH3 is 1. The SMILES string of the molecule is CC(=O)OCCCCS(=O)(=O)c1sc2nc(-c3cccs3)cc(-c3ccccc3)c2c1N.CCCCS(=O)c1sc2nc(-c3nccs3)cc(-c3ccc(C(=O)OC)cc3)c2c1N. The lowest BCUT2D eigenvalue weighted by Crippen LogP contribution is -2.09. The van der Waals surface area contributed by atoms with Gasteiger partial charge in [-0.15, -0.1) is 45.3 Å². The van der Waals surface area contributed by atoms with Crippen molar-refractivity contribution >= 4 is 110 Å². The Hall–Kier alpha value is -5.37. The van der Waals surface area contributed by atoms with Crippen LogP contribution in [0.2, 0.25) is 0 Å². The van der Waals surface area contributed by atoms with Crippen LogP contribution < -0.4 is 11.5 Å². The standard InChI is InChI=1S/C23H22N2O4S3.C22H21N3O3S3/c1-15(26)29-11-5-6-13-32(27,28)23-21(24)20-17(16-8-3-2-4-9-16)14-18(25-22(20)31-23)19-10-7-12-30-19;1-3-4-11-31(27)22-18(23)17-15(13-5-7-14(8-6-13)21(26)28-2)12-16(25-20(17)30-22)19-24-9-10-29-19/h2-4,7-10,12,14H,5-6,11,13,24H2,1H3;5-10,12H,3-4,11,23H2,1-2H3. The van der Waals surface area contributed by atoms with Gasteiger partial charge in [0.05, 0.1) is 57.8 Å². The first-order valence-electron chi connectivity index (χ1n) is 19.8. The Labute approximate surface area is 383 Å². The van der Waals surface area contributed by atoms with Gasteiger partial charge in [-0.3, -0.25) is 9.00 Å². The lowest BCUT2D eigenvalue weighted by atomic mass is 10.0. The highest BCUT2D eigenvalue weighted by atomic mass is 32.2. The van der Waals surface area contributed by atoms with Gasteiger partial charge in [0.1, 0.15) is 28.8 Å². The third kappa shape index (κ3) is 10.4. The number of nitrogen functional groups attached to an aromatic ring is 2. The number of pyridine rings is 2. The van der Waals surface area contributed by atoms with Crippen molar-refractivity contribution in [2.45, 2.75) is 47.9 Å². The first kappa shape index (κ1) is 45.6. The van der Waals surface area contributed by atoms with Gasteiger partial charge in [-0.1, -0.05) is 61.9 Å². The highest BCUT2D eigenvalue weighted by Gasteiger charge is 2.26. The minimum Gasteiger partial charge on any atom is -0.466 e. The lowest BCUT2D eigenvalue weighted by molar-refractivity contribution is -0.141. The normalized spacial score (nSPS) is 11.9. The number of thiophene rings is 3. The topological polar surface area (TPSA) is 195 Å². The van der Waals surface area contributed by atoms with E-state index in [1.54, 1.807) is 29.7 Å². The van der Waals surface area contributed by atoms with Gasteiger partial charge >= 0.3 is 11.9 Å². The molecule has 1 unspecified atom stereocenters. The van der Waals surface area contributed by atoms with Crippen molar-refractivity contribution in [3.8, 4) is 43.5 Å². The van der Waals surface area contributed by atoms with E-state index in [4.69, 9.17) is 30.9 Å². The molecule has 0 saturated carbocycles. The first-order chi connectivity index (χ1) is 30.4. The zero-order valence-corrected chi connectivity index (χ0v) is 39.4. The summed E-state index contributed by atoms with van der Waals surface area (Å²) in [5.74, 6) is -0.249.